The van der Waals surface area contributed by atoms with Gasteiger partial charge in [-0.25, -0.2) is 0 Å². The van der Waals surface area contributed by atoms with Gasteiger partial charge in [-0.1, -0.05) is 13.8 Å². The lowest BCUT2D eigenvalue weighted by Crippen LogP contribution is -2.39. The Morgan fingerprint density at radius 1 is 1.60 bits per heavy atom. The van der Waals surface area contributed by atoms with E-state index in [9.17, 15) is 4.79 Å². The fourth-order valence-corrected chi connectivity index (χ4v) is 2.48. The van der Waals surface area contributed by atoms with Crippen molar-refractivity contribution in [3.63, 3.8) is 0 Å². The predicted molar refractivity (Wildman–Crippen MR) is 58.4 cm³/mol. The van der Waals surface area contributed by atoms with Crippen LogP contribution in [0.15, 0.2) is 11.8 Å². The third-order valence-electron chi connectivity index (χ3n) is 3.67. The SMILES string of the molecule is CC(C)C1(C(=O)C2=CCCO2)CCNC1. The van der Waals surface area contributed by atoms with Gasteiger partial charge < -0.3 is 10.1 Å². The maximum atomic E-state index is 12.4. The molecular formula is C12H19NO2. The normalized spacial score (nSPS) is 30.5. The Morgan fingerprint density at radius 2 is 2.40 bits per heavy atom. The molecule has 2 rings (SSSR count). The monoisotopic (exact) mass is 209 g/mol. The largest absolute Gasteiger partial charge is 0.490 e. The van der Waals surface area contributed by atoms with Gasteiger partial charge in [-0.2, -0.15) is 0 Å². The number of carbonyl (C=O) groups is 1. The van der Waals surface area contributed by atoms with Gasteiger partial charge in [0.1, 0.15) is 0 Å². The second kappa shape index (κ2) is 3.97. The summed E-state index contributed by atoms with van der Waals surface area (Å²) in [6, 6.07) is 0. The summed E-state index contributed by atoms with van der Waals surface area (Å²) >= 11 is 0. The fraction of sp³-hybridized carbons (Fsp3) is 0.750. The maximum absolute atomic E-state index is 12.4. The van der Waals surface area contributed by atoms with Gasteiger partial charge in [-0.15, -0.1) is 0 Å². The van der Waals surface area contributed by atoms with E-state index in [0.29, 0.717) is 18.3 Å². The molecule has 0 spiro atoms. The van der Waals surface area contributed by atoms with Crippen LogP contribution in [0.1, 0.15) is 26.7 Å². The Kier molecular flexibility index (Phi) is 2.83. The first-order valence-electron chi connectivity index (χ1n) is 5.75. The summed E-state index contributed by atoms with van der Waals surface area (Å²) in [5, 5.41) is 3.30. The Hall–Kier alpha value is -0.830. The molecule has 2 aliphatic rings. The van der Waals surface area contributed by atoms with Crippen LogP contribution in [0.25, 0.3) is 0 Å². The second-order valence-electron chi connectivity index (χ2n) is 4.77. The van der Waals surface area contributed by atoms with E-state index in [-0.39, 0.29) is 11.2 Å². The van der Waals surface area contributed by atoms with Crippen molar-refractivity contribution >= 4 is 5.78 Å². The Bertz CT molecular complexity index is 288. The molecule has 3 heteroatoms. The van der Waals surface area contributed by atoms with Gasteiger partial charge in [0.15, 0.2) is 5.76 Å². The highest BCUT2D eigenvalue weighted by Crippen LogP contribution is 2.38. The van der Waals surface area contributed by atoms with Gasteiger partial charge in [-0.3, -0.25) is 4.79 Å². The van der Waals surface area contributed by atoms with E-state index < -0.39 is 0 Å². The lowest BCUT2D eigenvalue weighted by molar-refractivity contribution is -0.129. The fourth-order valence-electron chi connectivity index (χ4n) is 2.48. The summed E-state index contributed by atoms with van der Waals surface area (Å²) < 4.78 is 5.39. The number of nitrogens with one attached hydrogen (secondary N) is 1. The smallest absolute Gasteiger partial charge is 0.204 e. The van der Waals surface area contributed by atoms with Crippen LogP contribution in [0.5, 0.6) is 0 Å². The summed E-state index contributed by atoms with van der Waals surface area (Å²) in [5.74, 6) is 1.18. The molecule has 84 valence electrons. The number of ether oxygens (including phenoxy) is 1. The van der Waals surface area contributed by atoms with Crippen molar-refractivity contribution in [2.45, 2.75) is 26.7 Å². The van der Waals surface area contributed by atoms with Gasteiger partial charge in [0.05, 0.1) is 12.0 Å². The lowest BCUT2D eigenvalue weighted by Gasteiger charge is -2.30. The average molecular weight is 209 g/mol. The summed E-state index contributed by atoms with van der Waals surface area (Å²) in [7, 11) is 0. The highest BCUT2D eigenvalue weighted by atomic mass is 16.5. The number of ketones is 1. The quantitative estimate of drug-likeness (QED) is 0.765. The van der Waals surface area contributed by atoms with E-state index in [0.717, 1.165) is 25.9 Å². The van der Waals surface area contributed by atoms with E-state index in [1.165, 1.54) is 0 Å². The lowest BCUT2D eigenvalue weighted by atomic mass is 9.72. The molecule has 0 bridgehead atoms. The van der Waals surface area contributed by atoms with Crippen molar-refractivity contribution in [3.8, 4) is 0 Å². The van der Waals surface area contributed by atoms with Crippen molar-refractivity contribution in [2.75, 3.05) is 19.7 Å². The molecule has 0 amide bonds. The molecule has 0 aromatic heterocycles. The Morgan fingerprint density at radius 3 is 2.87 bits per heavy atom. The first-order chi connectivity index (χ1) is 7.17. The molecule has 1 unspecified atom stereocenters. The summed E-state index contributed by atoms with van der Waals surface area (Å²) in [6.07, 6.45) is 3.75. The summed E-state index contributed by atoms with van der Waals surface area (Å²) in [6.45, 7) is 6.66. The van der Waals surface area contributed by atoms with Crippen molar-refractivity contribution in [3.05, 3.63) is 11.8 Å². The zero-order valence-electron chi connectivity index (χ0n) is 9.51. The molecule has 2 heterocycles. The molecule has 0 aromatic rings. The molecule has 1 N–H and O–H groups in total. The van der Waals surface area contributed by atoms with Crippen LogP contribution in [-0.2, 0) is 9.53 Å². The van der Waals surface area contributed by atoms with Gasteiger partial charge in [0.25, 0.3) is 0 Å². The van der Waals surface area contributed by atoms with Gasteiger partial charge in [-0.05, 0) is 25.0 Å². The van der Waals surface area contributed by atoms with Crippen LogP contribution >= 0.6 is 0 Å². The molecule has 1 saturated heterocycles. The molecule has 2 aliphatic heterocycles. The first kappa shape index (κ1) is 10.7. The van der Waals surface area contributed by atoms with Crippen LogP contribution < -0.4 is 5.32 Å². The highest BCUT2D eigenvalue weighted by Gasteiger charge is 2.45. The van der Waals surface area contributed by atoms with Crippen molar-refractivity contribution in [1.82, 2.24) is 5.32 Å². The van der Waals surface area contributed by atoms with Crippen LogP contribution in [0.2, 0.25) is 0 Å². The van der Waals surface area contributed by atoms with E-state index in [4.69, 9.17) is 4.74 Å². The molecule has 1 atom stereocenters. The third kappa shape index (κ3) is 1.69. The van der Waals surface area contributed by atoms with Crippen LogP contribution in [0.3, 0.4) is 0 Å². The van der Waals surface area contributed by atoms with Crippen LogP contribution in [0.4, 0.5) is 0 Å². The third-order valence-corrected chi connectivity index (χ3v) is 3.67. The molecule has 15 heavy (non-hydrogen) atoms. The van der Waals surface area contributed by atoms with Crippen molar-refractivity contribution < 1.29 is 9.53 Å². The van der Waals surface area contributed by atoms with Gasteiger partial charge in [0.2, 0.25) is 5.78 Å². The van der Waals surface area contributed by atoms with Crippen LogP contribution in [0, 0.1) is 11.3 Å². The minimum absolute atomic E-state index is 0.208. The molecule has 0 aromatic carbocycles. The minimum atomic E-state index is -0.226. The van der Waals surface area contributed by atoms with Gasteiger partial charge >= 0.3 is 0 Å². The number of Topliss-reactive ketones (excluding diaryl/α,β-unsaturated/α-hetero) is 1. The summed E-state index contributed by atoms with van der Waals surface area (Å²) in [4.78, 5) is 12.4. The average Bonchev–Trinajstić information content (AvgIpc) is 2.89. The molecular weight excluding hydrogens is 190 g/mol. The first-order valence-corrected chi connectivity index (χ1v) is 5.75. The topological polar surface area (TPSA) is 38.3 Å². The molecule has 0 aliphatic carbocycles. The van der Waals surface area contributed by atoms with Crippen molar-refractivity contribution in [1.29, 1.82) is 0 Å². The molecule has 0 saturated carbocycles. The molecule has 3 nitrogen and oxygen atoms in total. The second-order valence-corrected chi connectivity index (χ2v) is 4.77. The predicted octanol–water partition coefficient (Wildman–Crippen LogP) is 1.50. The van der Waals surface area contributed by atoms with Gasteiger partial charge in [0, 0.05) is 13.0 Å². The zero-order chi connectivity index (χ0) is 10.9. The Balaban J connectivity index is 2.21. The van der Waals surface area contributed by atoms with Crippen molar-refractivity contribution in [2.24, 2.45) is 11.3 Å². The highest BCUT2D eigenvalue weighted by molar-refractivity contribution is 5.99. The standard InChI is InChI=1S/C12H19NO2/c1-9(2)12(5-6-13-8-12)11(14)10-4-3-7-15-10/h4,9,13H,3,5-8H2,1-2H3. The minimum Gasteiger partial charge on any atom is -0.490 e. The number of carbonyl (C=O) groups excluding carboxylic acids is 1. The molecule has 0 radical (unpaired) electrons. The Labute approximate surface area is 90.9 Å². The van der Waals surface area contributed by atoms with E-state index >= 15 is 0 Å². The number of rotatable bonds is 3. The number of allylic oxidation sites excluding steroid dienone is 1. The number of hydrogen-bond acceptors (Lipinski definition) is 3. The number of hydrogen-bond donors (Lipinski definition) is 1. The summed E-state index contributed by atoms with van der Waals surface area (Å²) in [5.41, 5.74) is -0.226. The van der Waals surface area contributed by atoms with E-state index in [1.54, 1.807) is 0 Å². The zero-order valence-corrected chi connectivity index (χ0v) is 9.51. The van der Waals surface area contributed by atoms with E-state index in [2.05, 4.69) is 19.2 Å². The van der Waals surface area contributed by atoms with Crippen LogP contribution in [-0.4, -0.2) is 25.5 Å². The molecule has 1 fully saturated rings. The maximum Gasteiger partial charge on any atom is 0.204 e. The van der Waals surface area contributed by atoms with E-state index in [1.807, 2.05) is 6.08 Å².